The molecule has 236 valence electrons. The van der Waals surface area contributed by atoms with E-state index in [0.29, 0.717) is 18.8 Å². The second-order valence-electron chi connectivity index (χ2n) is 11.7. The highest BCUT2D eigenvalue weighted by molar-refractivity contribution is 5.75. The molecule has 0 aliphatic carbocycles. The van der Waals surface area contributed by atoms with E-state index in [0.717, 1.165) is 40.3 Å². The predicted octanol–water partition coefficient (Wildman–Crippen LogP) is 8.21. The fourth-order valence-corrected chi connectivity index (χ4v) is 5.58. The number of aromatic nitrogens is 3. The number of halogens is 1. The van der Waals surface area contributed by atoms with Crippen molar-refractivity contribution in [2.24, 2.45) is 0 Å². The number of hydrogen-bond acceptors (Lipinski definition) is 7. The molecule has 1 unspecified atom stereocenters. The SMILES string of the molecule is CCOC(=O)C[C@H]1C[C@@H](C=Cc2c(-c3ccc(F)cc3)nn(-c3ccnc(Nc4ccccc4)c3)c2C(C)CC)OC(C)(C)O1. The van der Waals surface area contributed by atoms with Crippen molar-refractivity contribution in [3.63, 3.8) is 0 Å². The molecule has 1 aliphatic heterocycles. The molecule has 4 aromatic rings. The van der Waals surface area contributed by atoms with Crippen molar-refractivity contribution in [3.8, 4) is 16.9 Å². The number of nitrogens with zero attached hydrogens (tertiary/aromatic N) is 3. The molecule has 1 aliphatic rings. The third-order valence-corrected chi connectivity index (χ3v) is 7.75. The number of hydrogen-bond donors (Lipinski definition) is 1. The van der Waals surface area contributed by atoms with E-state index < -0.39 is 5.79 Å². The minimum absolute atomic E-state index is 0.133. The molecule has 0 bridgehead atoms. The summed E-state index contributed by atoms with van der Waals surface area (Å²) < 4.78 is 33.4. The van der Waals surface area contributed by atoms with Crippen LogP contribution in [0.2, 0.25) is 0 Å². The van der Waals surface area contributed by atoms with E-state index in [1.54, 1.807) is 25.3 Å². The lowest BCUT2D eigenvalue weighted by Crippen LogP contribution is -2.44. The number of para-hydroxylation sites is 1. The topological polar surface area (TPSA) is 87.5 Å². The maximum Gasteiger partial charge on any atom is 0.308 e. The lowest BCUT2D eigenvalue weighted by atomic mass is 9.95. The maximum absolute atomic E-state index is 14.0. The van der Waals surface area contributed by atoms with Crippen LogP contribution in [0.3, 0.4) is 0 Å². The highest BCUT2D eigenvalue weighted by Crippen LogP contribution is 2.36. The van der Waals surface area contributed by atoms with E-state index in [2.05, 4.69) is 24.1 Å². The molecule has 0 spiro atoms. The zero-order valence-electron chi connectivity index (χ0n) is 26.5. The summed E-state index contributed by atoms with van der Waals surface area (Å²) in [5, 5.41) is 8.49. The summed E-state index contributed by atoms with van der Waals surface area (Å²) in [4.78, 5) is 16.8. The second kappa shape index (κ2) is 14.2. The lowest BCUT2D eigenvalue weighted by Gasteiger charge is -2.39. The van der Waals surface area contributed by atoms with Gasteiger partial charge in [0, 0.05) is 35.5 Å². The van der Waals surface area contributed by atoms with Crippen LogP contribution in [0, 0.1) is 5.82 Å². The van der Waals surface area contributed by atoms with Crippen molar-refractivity contribution in [2.45, 2.75) is 77.8 Å². The number of anilines is 2. The molecule has 3 heterocycles. The molecule has 1 N–H and O–H groups in total. The number of esters is 1. The minimum Gasteiger partial charge on any atom is -0.466 e. The summed E-state index contributed by atoms with van der Waals surface area (Å²) in [6.07, 6.45) is 6.68. The Labute approximate surface area is 264 Å². The fourth-order valence-electron chi connectivity index (χ4n) is 5.58. The number of carbonyl (C=O) groups is 1. The van der Waals surface area contributed by atoms with Gasteiger partial charge in [0.15, 0.2) is 5.79 Å². The van der Waals surface area contributed by atoms with Crippen molar-refractivity contribution in [2.75, 3.05) is 11.9 Å². The van der Waals surface area contributed by atoms with Crippen molar-refractivity contribution < 1.29 is 23.4 Å². The van der Waals surface area contributed by atoms with Crippen LogP contribution in [0.25, 0.3) is 23.0 Å². The van der Waals surface area contributed by atoms with E-state index in [1.165, 1.54) is 12.1 Å². The Hall–Kier alpha value is -4.34. The number of benzene rings is 2. The van der Waals surface area contributed by atoms with E-state index in [9.17, 15) is 9.18 Å². The normalized spacial score (nSPS) is 18.5. The summed E-state index contributed by atoms with van der Waals surface area (Å²) in [7, 11) is 0. The van der Waals surface area contributed by atoms with E-state index >= 15 is 0 Å². The Bertz CT molecular complexity index is 1620. The van der Waals surface area contributed by atoms with Gasteiger partial charge in [-0.2, -0.15) is 5.10 Å². The number of carbonyl (C=O) groups excluding carboxylic acids is 1. The molecule has 8 nitrogen and oxygen atoms in total. The summed E-state index contributed by atoms with van der Waals surface area (Å²) in [5.41, 5.74) is 5.23. The predicted molar refractivity (Wildman–Crippen MR) is 174 cm³/mol. The molecule has 5 rings (SSSR count). The zero-order chi connectivity index (χ0) is 32.0. The molecule has 1 fully saturated rings. The Morgan fingerprint density at radius 3 is 2.60 bits per heavy atom. The molecule has 2 aromatic carbocycles. The Morgan fingerprint density at radius 2 is 1.89 bits per heavy atom. The van der Waals surface area contributed by atoms with Gasteiger partial charge < -0.3 is 19.5 Å². The van der Waals surface area contributed by atoms with Gasteiger partial charge in [-0.1, -0.05) is 44.2 Å². The van der Waals surface area contributed by atoms with E-state index in [1.807, 2.05) is 73.1 Å². The minimum atomic E-state index is -0.882. The molecule has 45 heavy (non-hydrogen) atoms. The number of pyridine rings is 1. The third-order valence-electron chi connectivity index (χ3n) is 7.75. The summed E-state index contributed by atoms with van der Waals surface area (Å²) in [6.45, 7) is 10.1. The first kappa shape index (κ1) is 32.1. The Kier molecular flexibility index (Phi) is 10.1. The second-order valence-corrected chi connectivity index (χ2v) is 11.7. The van der Waals surface area contributed by atoms with Crippen molar-refractivity contribution in [3.05, 3.63) is 96.1 Å². The third kappa shape index (κ3) is 8.04. The van der Waals surface area contributed by atoms with Gasteiger partial charge in [-0.15, -0.1) is 0 Å². The largest absolute Gasteiger partial charge is 0.466 e. The molecule has 9 heteroatoms. The molecule has 2 aromatic heterocycles. The molecule has 0 radical (unpaired) electrons. The number of rotatable bonds is 11. The Balaban J connectivity index is 1.56. The average molecular weight is 613 g/mol. The molecule has 0 saturated carbocycles. The van der Waals surface area contributed by atoms with Gasteiger partial charge in [-0.05, 0) is 75.6 Å². The number of ether oxygens (including phenoxy) is 3. The van der Waals surface area contributed by atoms with Crippen molar-refractivity contribution >= 4 is 23.6 Å². The van der Waals surface area contributed by atoms with Crippen LogP contribution >= 0.6 is 0 Å². The lowest BCUT2D eigenvalue weighted by molar-refractivity contribution is -0.290. The smallest absolute Gasteiger partial charge is 0.308 e. The number of nitrogens with one attached hydrogen (secondary N) is 1. The van der Waals surface area contributed by atoms with Crippen LogP contribution in [-0.4, -0.2) is 45.3 Å². The first-order valence-electron chi connectivity index (χ1n) is 15.5. The van der Waals surface area contributed by atoms with E-state index in [-0.39, 0.29) is 36.3 Å². The molecule has 1 saturated heterocycles. The molecule has 0 amide bonds. The first-order valence-corrected chi connectivity index (χ1v) is 15.5. The first-order chi connectivity index (χ1) is 21.7. The van der Waals surface area contributed by atoms with Gasteiger partial charge in [-0.25, -0.2) is 14.1 Å². The van der Waals surface area contributed by atoms with Crippen molar-refractivity contribution in [1.29, 1.82) is 0 Å². The summed E-state index contributed by atoms with van der Waals surface area (Å²) in [6, 6.07) is 20.2. The van der Waals surface area contributed by atoms with Gasteiger partial charge in [0.1, 0.15) is 17.3 Å². The van der Waals surface area contributed by atoms with Crippen molar-refractivity contribution in [1.82, 2.24) is 14.8 Å². The molecular weight excluding hydrogens is 571 g/mol. The average Bonchev–Trinajstić information content (AvgIpc) is 3.39. The monoisotopic (exact) mass is 612 g/mol. The van der Waals surface area contributed by atoms with Crippen LogP contribution in [0.5, 0.6) is 0 Å². The maximum atomic E-state index is 14.0. The van der Waals surface area contributed by atoms with Gasteiger partial charge in [-0.3, -0.25) is 4.79 Å². The van der Waals surface area contributed by atoms with Crippen LogP contribution in [0.15, 0.2) is 79.0 Å². The van der Waals surface area contributed by atoms with Crippen LogP contribution in [0.4, 0.5) is 15.9 Å². The van der Waals surface area contributed by atoms with Crippen LogP contribution in [-0.2, 0) is 19.0 Å². The van der Waals surface area contributed by atoms with Gasteiger partial charge in [0.25, 0.3) is 0 Å². The Morgan fingerprint density at radius 1 is 1.13 bits per heavy atom. The van der Waals surface area contributed by atoms with Gasteiger partial charge in [0.2, 0.25) is 0 Å². The van der Waals surface area contributed by atoms with E-state index in [4.69, 9.17) is 19.3 Å². The summed E-state index contributed by atoms with van der Waals surface area (Å²) >= 11 is 0. The molecule has 3 atom stereocenters. The highest BCUT2D eigenvalue weighted by Gasteiger charge is 2.36. The summed E-state index contributed by atoms with van der Waals surface area (Å²) in [5.74, 6) is -0.662. The standard InChI is InChI=1S/C36H41FN4O4/c1-6-24(3)35-31(18-17-29-22-30(23-33(42)43-7-2)45-36(4,5)44-29)34(25-13-15-26(37)16-14-25)40-41(35)28-19-20-38-32(21-28)39-27-11-9-8-10-12-27/h8-21,24,29-30H,6-7,22-23H2,1-5H3,(H,38,39)/t24?,29-,30-/m1/s1. The van der Waals surface area contributed by atoms with Gasteiger partial charge >= 0.3 is 5.97 Å². The van der Waals surface area contributed by atoms with Gasteiger partial charge in [0.05, 0.1) is 36.6 Å². The fraction of sp³-hybridized carbons (Fsp3) is 0.361. The van der Waals surface area contributed by atoms with Crippen LogP contribution < -0.4 is 5.32 Å². The van der Waals surface area contributed by atoms with Crippen LogP contribution in [0.1, 0.15) is 71.1 Å². The zero-order valence-corrected chi connectivity index (χ0v) is 26.5. The highest BCUT2D eigenvalue weighted by atomic mass is 19.1. The quantitative estimate of drug-likeness (QED) is 0.171. The molecular formula is C36H41FN4O4.